The van der Waals surface area contributed by atoms with Gasteiger partial charge >= 0.3 is 0 Å². The van der Waals surface area contributed by atoms with Crippen molar-refractivity contribution in [2.45, 2.75) is 58.7 Å². The van der Waals surface area contributed by atoms with Crippen molar-refractivity contribution >= 4 is 5.82 Å². The number of nitrogens with two attached hydrogens (primary N) is 1. The lowest BCUT2D eigenvalue weighted by atomic mass is 10.1. The van der Waals surface area contributed by atoms with E-state index in [1.807, 2.05) is 12.1 Å². The van der Waals surface area contributed by atoms with Crippen LogP contribution in [0.25, 0.3) is 0 Å². The van der Waals surface area contributed by atoms with E-state index in [0.717, 1.165) is 12.0 Å². The van der Waals surface area contributed by atoms with Crippen molar-refractivity contribution in [1.82, 2.24) is 4.98 Å². The summed E-state index contributed by atoms with van der Waals surface area (Å²) in [4.78, 5) is 4.04. The maximum absolute atomic E-state index is 5.77. The van der Waals surface area contributed by atoms with Crippen LogP contribution in [-0.4, -0.2) is 11.1 Å². The monoisotopic (exact) mass is 236 g/mol. The van der Waals surface area contributed by atoms with Crippen molar-refractivity contribution in [3.63, 3.8) is 0 Å². The van der Waals surface area contributed by atoms with Gasteiger partial charge in [-0.25, -0.2) is 4.98 Å². The summed E-state index contributed by atoms with van der Waals surface area (Å²) in [7, 11) is 0. The molecular formula is C14H24N2O. The fourth-order valence-corrected chi connectivity index (χ4v) is 1.75. The largest absolute Gasteiger partial charge is 0.383 e. The zero-order valence-corrected chi connectivity index (χ0v) is 11.0. The van der Waals surface area contributed by atoms with Crippen LogP contribution < -0.4 is 5.73 Å². The molecule has 0 saturated heterocycles. The van der Waals surface area contributed by atoms with Gasteiger partial charge in [0, 0.05) is 11.8 Å². The van der Waals surface area contributed by atoms with Gasteiger partial charge in [-0.15, -0.1) is 0 Å². The third-order valence-corrected chi connectivity index (χ3v) is 2.91. The Morgan fingerprint density at radius 2 is 2.18 bits per heavy atom. The van der Waals surface area contributed by atoms with Crippen molar-refractivity contribution in [3.05, 3.63) is 23.9 Å². The average Bonchev–Trinajstić information content (AvgIpc) is 2.34. The van der Waals surface area contributed by atoms with E-state index in [-0.39, 0.29) is 0 Å². The summed E-state index contributed by atoms with van der Waals surface area (Å²) in [5.74, 6) is 0.575. The molecule has 1 rings (SSSR count). The molecule has 1 unspecified atom stereocenters. The zero-order valence-electron chi connectivity index (χ0n) is 11.0. The quantitative estimate of drug-likeness (QED) is 0.702. The highest BCUT2D eigenvalue weighted by Crippen LogP contribution is 2.13. The summed E-state index contributed by atoms with van der Waals surface area (Å²) < 4.78 is 5.77. The minimum absolute atomic E-state index is 0.298. The van der Waals surface area contributed by atoms with Gasteiger partial charge in [-0.1, -0.05) is 38.7 Å². The third-order valence-electron chi connectivity index (χ3n) is 2.91. The van der Waals surface area contributed by atoms with E-state index in [1.165, 1.54) is 25.7 Å². The predicted molar refractivity (Wildman–Crippen MR) is 71.7 cm³/mol. The van der Waals surface area contributed by atoms with Crippen LogP contribution in [0.15, 0.2) is 18.3 Å². The van der Waals surface area contributed by atoms with E-state index in [1.54, 1.807) is 6.20 Å². The third kappa shape index (κ3) is 5.68. The van der Waals surface area contributed by atoms with Crippen molar-refractivity contribution in [1.29, 1.82) is 0 Å². The summed E-state index contributed by atoms with van der Waals surface area (Å²) in [6, 6.07) is 3.85. The number of nitrogens with zero attached hydrogens (tertiary/aromatic N) is 1. The van der Waals surface area contributed by atoms with Crippen LogP contribution in [0.2, 0.25) is 0 Å². The molecule has 96 valence electrons. The van der Waals surface area contributed by atoms with Gasteiger partial charge in [-0.3, -0.25) is 0 Å². The second kappa shape index (κ2) is 8.07. The number of nitrogen functional groups attached to an aromatic ring is 1. The Kier molecular flexibility index (Phi) is 6.63. The van der Waals surface area contributed by atoms with Gasteiger partial charge in [0.1, 0.15) is 5.82 Å². The topological polar surface area (TPSA) is 48.1 Å². The summed E-state index contributed by atoms with van der Waals surface area (Å²) >= 11 is 0. The zero-order chi connectivity index (χ0) is 12.5. The first-order valence-electron chi connectivity index (χ1n) is 6.55. The standard InChI is InChI=1S/C14H24N2O/c1-3-4-5-6-8-12(2)17-11-13-9-7-10-16-14(13)15/h7,9-10,12H,3-6,8,11H2,1-2H3,(H2,15,16). The second-order valence-electron chi connectivity index (χ2n) is 4.52. The fourth-order valence-electron chi connectivity index (χ4n) is 1.75. The van der Waals surface area contributed by atoms with Gasteiger partial charge in [-0.2, -0.15) is 0 Å². The number of pyridine rings is 1. The Morgan fingerprint density at radius 3 is 2.88 bits per heavy atom. The molecule has 1 heterocycles. The van der Waals surface area contributed by atoms with Crippen molar-refractivity contribution in [2.24, 2.45) is 0 Å². The Labute approximate surface area is 104 Å². The molecule has 17 heavy (non-hydrogen) atoms. The van der Waals surface area contributed by atoms with Crippen molar-refractivity contribution < 1.29 is 4.74 Å². The van der Waals surface area contributed by atoms with E-state index in [2.05, 4.69) is 18.8 Å². The molecule has 0 radical (unpaired) electrons. The first-order chi connectivity index (χ1) is 8.24. The van der Waals surface area contributed by atoms with Crippen LogP contribution in [0.4, 0.5) is 5.82 Å². The molecule has 1 atom stereocenters. The van der Waals surface area contributed by atoms with E-state index in [4.69, 9.17) is 10.5 Å². The molecule has 0 aliphatic carbocycles. The van der Waals surface area contributed by atoms with E-state index >= 15 is 0 Å². The maximum Gasteiger partial charge on any atom is 0.128 e. The molecule has 1 aromatic heterocycles. The first-order valence-corrected chi connectivity index (χ1v) is 6.55. The van der Waals surface area contributed by atoms with E-state index in [9.17, 15) is 0 Å². The molecule has 0 spiro atoms. The lowest BCUT2D eigenvalue weighted by Crippen LogP contribution is -2.09. The second-order valence-corrected chi connectivity index (χ2v) is 4.52. The number of rotatable bonds is 8. The minimum Gasteiger partial charge on any atom is -0.383 e. The van der Waals surface area contributed by atoms with Gasteiger partial charge in [0.15, 0.2) is 0 Å². The maximum atomic E-state index is 5.77. The summed E-state index contributed by atoms with van der Waals surface area (Å²) in [5, 5.41) is 0. The van der Waals surface area contributed by atoms with Crippen LogP contribution in [-0.2, 0) is 11.3 Å². The number of hydrogen-bond donors (Lipinski definition) is 1. The number of anilines is 1. The Hall–Kier alpha value is -1.09. The normalized spacial score (nSPS) is 12.6. The van der Waals surface area contributed by atoms with Crippen LogP contribution in [0.1, 0.15) is 51.5 Å². The summed E-state index contributed by atoms with van der Waals surface area (Å²) in [6.45, 7) is 4.91. The average molecular weight is 236 g/mol. The number of unbranched alkanes of at least 4 members (excludes halogenated alkanes) is 3. The van der Waals surface area contributed by atoms with Crippen LogP contribution in [0, 0.1) is 0 Å². The molecule has 0 aliphatic rings. The highest BCUT2D eigenvalue weighted by atomic mass is 16.5. The molecule has 0 aliphatic heterocycles. The molecule has 0 aromatic carbocycles. The Morgan fingerprint density at radius 1 is 1.35 bits per heavy atom. The Bertz CT molecular complexity index is 315. The lowest BCUT2D eigenvalue weighted by molar-refractivity contribution is 0.0461. The van der Waals surface area contributed by atoms with Gasteiger partial charge in [0.2, 0.25) is 0 Å². The molecule has 0 amide bonds. The van der Waals surface area contributed by atoms with Gasteiger partial charge in [0.05, 0.1) is 12.7 Å². The number of hydrogen-bond acceptors (Lipinski definition) is 3. The lowest BCUT2D eigenvalue weighted by Gasteiger charge is -2.13. The molecule has 0 fully saturated rings. The molecule has 3 nitrogen and oxygen atoms in total. The van der Waals surface area contributed by atoms with Crippen molar-refractivity contribution in [3.8, 4) is 0 Å². The molecule has 0 saturated carbocycles. The molecular weight excluding hydrogens is 212 g/mol. The van der Waals surface area contributed by atoms with E-state index < -0.39 is 0 Å². The van der Waals surface area contributed by atoms with Crippen LogP contribution in [0.3, 0.4) is 0 Å². The fraction of sp³-hybridized carbons (Fsp3) is 0.643. The van der Waals surface area contributed by atoms with E-state index in [0.29, 0.717) is 18.5 Å². The van der Waals surface area contributed by atoms with Crippen LogP contribution >= 0.6 is 0 Å². The highest BCUT2D eigenvalue weighted by molar-refractivity contribution is 5.37. The number of aromatic nitrogens is 1. The SMILES string of the molecule is CCCCCCC(C)OCc1cccnc1N. The van der Waals surface area contributed by atoms with Gasteiger partial charge < -0.3 is 10.5 Å². The smallest absolute Gasteiger partial charge is 0.128 e. The van der Waals surface area contributed by atoms with Gasteiger partial charge in [0.25, 0.3) is 0 Å². The highest BCUT2D eigenvalue weighted by Gasteiger charge is 2.04. The van der Waals surface area contributed by atoms with Crippen LogP contribution in [0.5, 0.6) is 0 Å². The molecule has 3 heteroatoms. The van der Waals surface area contributed by atoms with Crippen molar-refractivity contribution in [2.75, 3.05) is 5.73 Å². The molecule has 0 bridgehead atoms. The molecule has 1 aromatic rings. The molecule has 2 N–H and O–H groups in total. The Balaban J connectivity index is 2.19. The van der Waals surface area contributed by atoms with Gasteiger partial charge in [-0.05, 0) is 19.4 Å². The first kappa shape index (κ1) is 14.0. The summed E-state index contributed by atoms with van der Waals surface area (Å²) in [6.07, 6.45) is 8.28. The number of ether oxygens (including phenoxy) is 1. The minimum atomic E-state index is 0.298. The predicted octanol–water partition coefficient (Wildman–Crippen LogP) is 3.54. The summed E-state index contributed by atoms with van der Waals surface area (Å²) in [5.41, 5.74) is 6.73.